The van der Waals surface area contributed by atoms with Crippen molar-refractivity contribution in [3.63, 3.8) is 0 Å². The first kappa shape index (κ1) is 25.6. The Morgan fingerprint density at radius 3 is 2.65 bits per heavy atom. The number of para-hydroxylation sites is 1. The van der Waals surface area contributed by atoms with Gasteiger partial charge in [-0.2, -0.15) is 0 Å². The third-order valence-corrected chi connectivity index (χ3v) is 8.81. The number of aromatic amines is 1. The summed E-state index contributed by atoms with van der Waals surface area (Å²) < 4.78 is 0. The van der Waals surface area contributed by atoms with E-state index in [1.165, 1.54) is 17.8 Å². The third kappa shape index (κ3) is 5.33. The number of carbonyl (C=O) groups is 3. The summed E-state index contributed by atoms with van der Waals surface area (Å²) in [6, 6.07) is 8.57. The molecule has 9 heteroatoms. The Labute approximate surface area is 221 Å². The van der Waals surface area contributed by atoms with Crippen molar-refractivity contribution in [2.24, 2.45) is 5.92 Å². The van der Waals surface area contributed by atoms with Crippen LogP contribution in [0, 0.1) is 5.92 Å². The summed E-state index contributed by atoms with van der Waals surface area (Å²) >= 11 is 1.43. The molecule has 196 valence electrons. The van der Waals surface area contributed by atoms with Gasteiger partial charge in [0, 0.05) is 22.8 Å². The molecule has 3 N–H and O–H groups in total. The number of likely N-dealkylation sites (tertiary alicyclic amines) is 1. The predicted molar refractivity (Wildman–Crippen MR) is 145 cm³/mol. The number of likely N-dealkylation sites (N-methyl/N-ethyl adjacent to an activating group) is 1. The summed E-state index contributed by atoms with van der Waals surface area (Å²) in [6.45, 7) is 2.44. The lowest BCUT2D eigenvalue weighted by atomic mass is 9.83. The van der Waals surface area contributed by atoms with Crippen LogP contribution in [0.3, 0.4) is 0 Å². The Kier molecular flexibility index (Phi) is 7.71. The van der Waals surface area contributed by atoms with E-state index in [4.69, 9.17) is 4.98 Å². The summed E-state index contributed by atoms with van der Waals surface area (Å²) in [7, 11) is 1.75. The number of rotatable bonds is 8. The fourth-order valence-corrected chi connectivity index (χ4v) is 6.55. The largest absolute Gasteiger partial charge is 0.352 e. The first-order valence-corrected chi connectivity index (χ1v) is 14.2. The Balaban J connectivity index is 1.35. The number of benzene rings is 1. The number of ketones is 1. The van der Waals surface area contributed by atoms with Crippen LogP contribution in [0.4, 0.5) is 0 Å². The van der Waals surface area contributed by atoms with Gasteiger partial charge in [-0.1, -0.05) is 37.5 Å². The lowest BCUT2D eigenvalue weighted by Crippen LogP contribution is -2.55. The number of fused-ring (bicyclic) bond motifs is 1. The Bertz CT molecular complexity index is 1240. The van der Waals surface area contributed by atoms with Crippen molar-refractivity contribution in [1.29, 1.82) is 0 Å². The van der Waals surface area contributed by atoms with Crippen LogP contribution in [0.2, 0.25) is 0 Å². The highest BCUT2D eigenvalue weighted by Crippen LogP contribution is 2.36. The molecule has 37 heavy (non-hydrogen) atoms. The van der Waals surface area contributed by atoms with Gasteiger partial charge in [-0.15, -0.1) is 11.3 Å². The zero-order valence-electron chi connectivity index (χ0n) is 21.5. The number of H-pyrrole nitrogens is 1. The van der Waals surface area contributed by atoms with E-state index in [-0.39, 0.29) is 35.6 Å². The first-order chi connectivity index (χ1) is 18.0. The van der Waals surface area contributed by atoms with Gasteiger partial charge in [-0.05, 0) is 57.7 Å². The Morgan fingerprint density at radius 1 is 1.11 bits per heavy atom. The molecular formula is C28H35N5O3S. The van der Waals surface area contributed by atoms with E-state index in [1.807, 2.05) is 35.2 Å². The van der Waals surface area contributed by atoms with Crippen molar-refractivity contribution in [1.82, 2.24) is 25.5 Å². The molecule has 5 rings (SSSR count). The molecule has 1 aromatic carbocycles. The summed E-state index contributed by atoms with van der Waals surface area (Å²) in [5.74, 6) is -0.179. The molecule has 3 atom stereocenters. The average molecular weight is 522 g/mol. The van der Waals surface area contributed by atoms with Crippen LogP contribution in [0.15, 0.2) is 35.7 Å². The molecule has 3 heterocycles. The number of nitrogens with one attached hydrogen (secondary N) is 3. The molecule has 2 fully saturated rings. The maximum Gasteiger partial charge on any atom is 0.246 e. The highest BCUT2D eigenvalue weighted by molar-refractivity contribution is 7.10. The van der Waals surface area contributed by atoms with E-state index < -0.39 is 6.04 Å². The molecule has 0 spiro atoms. The van der Waals surface area contributed by atoms with Gasteiger partial charge in [0.2, 0.25) is 17.6 Å². The van der Waals surface area contributed by atoms with Crippen molar-refractivity contribution in [3.05, 3.63) is 52.1 Å². The van der Waals surface area contributed by atoms with Crippen LogP contribution in [0.5, 0.6) is 0 Å². The summed E-state index contributed by atoms with van der Waals surface area (Å²) in [6.07, 6.45) is 6.92. The fourth-order valence-electron chi connectivity index (χ4n) is 5.60. The number of aromatic nitrogens is 2. The second-order valence-corrected chi connectivity index (χ2v) is 11.1. The fraction of sp³-hybridized carbons (Fsp3) is 0.500. The van der Waals surface area contributed by atoms with Gasteiger partial charge >= 0.3 is 0 Å². The third-order valence-electron chi connectivity index (χ3n) is 7.86. The maximum atomic E-state index is 13.9. The molecule has 8 nitrogen and oxygen atoms in total. The minimum absolute atomic E-state index is 0.0234. The van der Waals surface area contributed by atoms with Crippen LogP contribution < -0.4 is 10.6 Å². The summed E-state index contributed by atoms with van der Waals surface area (Å²) in [5, 5.41) is 9.60. The highest BCUT2D eigenvalue weighted by atomic mass is 32.1. The van der Waals surface area contributed by atoms with Crippen molar-refractivity contribution < 1.29 is 14.4 Å². The van der Waals surface area contributed by atoms with Crippen molar-refractivity contribution >= 4 is 39.8 Å². The SMILES string of the molecule is CNC(C)C(=O)NC(C(=O)N1CCC[C@H]1c1nc(C(=O)c2cc3ccccc3[nH]2)cs1)C1CCCCC1. The molecule has 1 aliphatic heterocycles. The standard InChI is InChI=1S/C28H35N5O3S/c1-17(29-2)26(35)32-24(18-9-4-3-5-10-18)28(36)33-14-8-13-23(33)27-31-22(16-37-27)25(34)21-15-19-11-6-7-12-20(19)30-21/h6-7,11-12,15-18,23-24,29-30H,3-5,8-10,13-14H2,1-2H3,(H,32,35)/t17?,23-,24?/m0/s1. The van der Waals surface area contributed by atoms with Crippen LogP contribution in [-0.2, 0) is 9.59 Å². The second kappa shape index (κ2) is 11.1. The van der Waals surface area contributed by atoms with Crippen molar-refractivity contribution in [2.45, 2.75) is 70.0 Å². The number of carbonyl (C=O) groups excluding carboxylic acids is 3. The van der Waals surface area contributed by atoms with E-state index in [0.29, 0.717) is 17.9 Å². The molecule has 2 unspecified atom stereocenters. The quantitative estimate of drug-likeness (QED) is 0.385. The minimum atomic E-state index is -0.531. The molecule has 2 aromatic heterocycles. The number of thiazole rings is 1. The van der Waals surface area contributed by atoms with Gasteiger partial charge < -0.3 is 20.5 Å². The van der Waals surface area contributed by atoms with Crippen molar-refractivity contribution in [3.8, 4) is 0 Å². The van der Waals surface area contributed by atoms with E-state index in [1.54, 1.807) is 19.4 Å². The van der Waals surface area contributed by atoms with Gasteiger partial charge in [0.05, 0.1) is 17.8 Å². The van der Waals surface area contributed by atoms with E-state index in [9.17, 15) is 14.4 Å². The topological polar surface area (TPSA) is 107 Å². The van der Waals surface area contributed by atoms with Crippen LogP contribution in [-0.4, -0.2) is 58.1 Å². The van der Waals surface area contributed by atoms with Gasteiger partial charge in [-0.25, -0.2) is 4.98 Å². The monoisotopic (exact) mass is 521 g/mol. The zero-order chi connectivity index (χ0) is 25.9. The molecule has 3 aromatic rings. The van der Waals surface area contributed by atoms with Crippen LogP contribution >= 0.6 is 11.3 Å². The molecule has 0 bridgehead atoms. The normalized spacial score (nSPS) is 20.2. The Morgan fingerprint density at radius 2 is 1.89 bits per heavy atom. The maximum absolute atomic E-state index is 13.9. The molecule has 2 aliphatic rings. The smallest absolute Gasteiger partial charge is 0.246 e. The van der Waals surface area contributed by atoms with Gasteiger partial charge in [0.1, 0.15) is 16.7 Å². The summed E-state index contributed by atoms with van der Waals surface area (Å²) in [5.41, 5.74) is 1.82. The molecular weight excluding hydrogens is 486 g/mol. The lowest BCUT2D eigenvalue weighted by Gasteiger charge is -2.35. The van der Waals surface area contributed by atoms with Crippen molar-refractivity contribution in [2.75, 3.05) is 13.6 Å². The van der Waals surface area contributed by atoms with E-state index >= 15 is 0 Å². The molecule has 1 saturated heterocycles. The minimum Gasteiger partial charge on any atom is -0.352 e. The summed E-state index contributed by atoms with van der Waals surface area (Å²) in [4.78, 5) is 49.7. The first-order valence-electron chi connectivity index (χ1n) is 13.3. The molecule has 2 amide bonds. The van der Waals surface area contributed by atoms with E-state index in [0.717, 1.165) is 54.4 Å². The van der Waals surface area contributed by atoms with Gasteiger partial charge in [-0.3, -0.25) is 14.4 Å². The van der Waals surface area contributed by atoms with Crippen LogP contribution in [0.1, 0.15) is 79.1 Å². The second-order valence-electron chi connectivity index (χ2n) is 10.3. The molecule has 0 radical (unpaired) electrons. The number of hydrogen-bond acceptors (Lipinski definition) is 6. The van der Waals surface area contributed by atoms with Crippen LogP contribution in [0.25, 0.3) is 10.9 Å². The molecule has 1 saturated carbocycles. The number of hydrogen-bond donors (Lipinski definition) is 3. The average Bonchev–Trinajstić information content (AvgIpc) is 3.69. The molecule has 1 aliphatic carbocycles. The highest BCUT2D eigenvalue weighted by Gasteiger charge is 2.40. The zero-order valence-corrected chi connectivity index (χ0v) is 22.3. The number of nitrogens with zero attached hydrogens (tertiary/aromatic N) is 2. The Hall–Kier alpha value is -3.04. The number of amides is 2. The van der Waals surface area contributed by atoms with E-state index in [2.05, 4.69) is 15.6 Å². The van der Waals surface area contributed by atoms with Gasteiger partial charge in [0.25, 0.3) is 0 Å². The lowest BCUT2D eigenvalue weighted by molar-refractivity contribution is -0.139. The van der Waals surface area contributed by atoms with Gasteiger partial charge in [0.15, 0.2) is 0 Å². The predicted octanol–water partition coefficient (Wildman–Crippen LogP) is 4.19.